The van der Waals surface area contributed by atoms with Crippen molar-refractivity contribution in [1.82, 2.24) is 14.9 Å². The number of ether oxygens (including phenoxy) is 1. The van der Waals surface area contributed by atoms with Gasteiger partial charge in [-0.15, -0.1) is 0 Å². The lowest BCUT2D eigenvalue weighted by Gasteiger charge is -2.23. The first-order valence-corrected chi connectivity index (χ1v) is 8.29. The molecule has 122 valence electrons. The lowest BCUT2D eigenvalue weighted by Crippen LogP contribution is -2.31. The number of aromatic nitrogens is 2. The summed E-state index contributed by atoms with van der Waals surface area (Å²) in [4.78, 5) is 21.8. The number of halogens is 1. The number of H-pyrrole nitrogens is 1. The van der Waals surface area contributed by atoms with Gasteiger partial charge >= 0.3 is 0 Å². The van der Waals surface area contributed by atoms with Gasteiger partial charge in [0.05, 0.1) is 17.7 Å². The molecule has 1 aromatic heterocycles. The number of likely N-dealkylation sites (tertiary alicyclic amines) is 1. The molecule has 1 N–H and O–H groups in total. The van der Waals surface area contributed by atoms with E-state index in [0.29, 0.717) is 30.2 Å². The Hall–Kier alpha value is -2.01. The lowest BCUT2D eigenvalue weighted by molar-refractivity contribution is -0.132. The molecule has 0 spiro atoms. The van der Waals surface area contributed by atoms with Crippen molar-refractivity contribution in [2.75, 3.05) is 13.2 Å². The number of hydrogen-bond donors (Lipinski definition) is 1. The standard InChI is InChI=1S/C17H20ClN3O2/c18-13-5-1-2-7-15(13)23-12-4-8-16(22)21-11-3-6-14(21)17-19-9-10-20-17/h1-2,5,7,9-10,14H,3-4,6,8,11-12H2,(H,19,20). The Kier molecular flexibility index (Phi) is 5.18. The van der Waals surface area contributed by atoms with Crippen LogP contribution in [0.4, 0.5) is 0 Å². The normalized spacial score (nSPS) is 17.4. The molecule has 5 nitrogen and oxygen atoms in total. The van der Waals surface area contributed by atoms with E-state index >= 15 is 0 Å². The van der Waals surface area contributed by atoms with Crippen LogP contribution in [0.3, 0.4) is 0 Å². The predicted octanol–water partition coefficient (Wildman–Crippen LogP) is 3.59. The highest BCUT2D eigenvalue weighted by Gasteiger charge is 2.30. The zero-order chi connectivity index (χ0) is 16.1. The third-order valence-corrected chi connectivity index (χ3v) is 4.35. The van der Waals surface area contributed by atoms with E-state index in [1.165, 1.54) is 0 Å². The molecule has 1 amide bonds. The molecule has 1 atom stereocenters. The van der Waals surface area contributed by atoms with Gasteiger partial charge in [-0.3, -0.25) is 4.79 Å². The summed E-state index contributed by atoms with van der Waals surface area (Å²) in [5, 5.41) is 0.594. The van der Waals surface area contributed by atoms with Crippen molar-refractivity contribution in [1.29, 1.82) is 0 Å². The van der Waals surface area contributed by atoms with Gasteiger partial charge in [0.1, 0.15) is 11.6 Å². The molecule has 2 heterocycles. The van der Waals surface area contributed by atoms with Crippen molar-refractivity contribution in [2.45, 2.75) is 31.7 Å². The van der Waals surface area contributed by atoms with Gasteiger partial charge in [-0.25, -0.2) is 4.98 Å². The number of imidazole rings is 1. The summed E-state index contributed by atoms with van der Waals surface area (Å²) in [6, 6.07) is 7.45. The maximum absolute atomic E-state index is 12.4. The molecule has 3 rings (SSSR count). The van der Waals surface area contributed by atoms with Crippen LogP contribution in [0.2, 0.25) is 5.02 Å². The number of rotatable bonds is 6. The van der Waals surface area contributed by atoms with Crippen LogP contribution >= 0.6 is 11.6 Å². The second-order valence-corrected chi connectivity index (χ2v) is 6.01. The van der Waals surface area contributed by atoms with Crippen molar-refractivity contribution in [3.05, 3.63) is 47.5 Å². The molecular formula is C17H20ClN3O2. The van der Waals surface area contributed by atoms with Crippen LogP contribution < -0.4 is 4.74 Å². The van der Waals surface area contributed by atoms with E-state index in [4.69, 9.17) is 16.3 Å². The van der Waals surface area contributed by atoms with Gasteiger partial charge in [0.2, 0.25) is 5.91 Å². The van der Waals surface area contributed by atoms with Crippen LogP contribution in [0.5, 0.6) is 5.75 Å². The van der Waals surface area contributed by atoms with Crippen molar-refractivity contribution in [2.24, 2.45) is 0 Å². The Balaban J connectivity index is 1.47. The van der Waals surface area contributed by atoms with Crippen LogP contribution in [0, 0.1) is 0 Å². The summed E-state index contributed by atoms with van der Waals surface area (Å²) < 4.78 is 5.63. The highest BCUT2D eigenvalue weighted by atomic mass is 35.5. The van der Waals surface area contributed by atoms with E-state index in [1.807, 2.05) is 23.1 Å². The molecule has 0 saturated carbocycles. The summed E-state index contributed by atoms with van der Waals surface area (Å²) in [5.74, 6) is 1.70. The number of aromatic amines is 1. The molecule has 1 unspecified atom stereocenters. The first-order valence-electron chi connectivity index (χ1n) is 7.92. The average Bonchev–Trinajstić information content (AvgIpc) is 3.23. The quantitative estimate of drug-likeness (QED) is 0.822. The fourth-order valence-electron chi connectivity index (χ4n) is 2.92. The SMILES string of the molecule is O=C(CCCOc1ccccc1Cl)N1CCCC1c1ncc[nH]1. The Morgan fingerprint density at radius 2 is 2.30 bits per heavy atom. The van der Waals surface area contributed by atoms with Gasteiger partial charge in [0.25, 0.3) is 0 Å². The number of nitrogens with zero attached hydrogens (tertiary/aromatic N) is 2. The van der Waals surface area contributed by atoms with Crippen molar-refractivity contribution >= 4 is 17.5 Å². The van der Waals surface area contributed by atoms with Gasteiger partial charge in [-0.1, -0.05) is 23.7 Å². The summed E-state index contributed by atoms with van der Waals surface area (Å²) in [5.41, 5.74) is 0. The fraction of sp³-hybridized carbons (Fsp3) is 0.412. The summed E-state index contributed by atoms with van der Waals surface area (Å²) in [6.45, 7) is 1.28. The van der Waals surface area contributed by atoms with E-state index in [9.17, 15) is 4.79 Å². The molecule has 1 fully saturated rings. The topological polar surface area (TPSA) is 58.2 Å². The minimum Gasteiger partial charge on any atom is -0.492 e. The number of benzene rings is 1. The molecule has 6 heteroatoms. The lowest BCUT2D eigenvalue weighted by atomic mass is 10.2. The van der Waals surface area contributed by atoms with Crippen LogP contribution in [0.1, 0.15) is 37.5 Å². The molecule has 0 radical (unpaired) electrons. The van der Waals surface area contributed by atoms with Gasteiger partial charge in [-0.2, -0.15) is 0 Å². The van der Waals surface area contributed by atoms with Gasteiger partial charge < -0.3 is 14.6 Å². The van der Waals surface area contributed by atoms with Crippen LogP contribution in [0.25, 0.3) is 0 Å². The molecule has 1 aliphatic rings. The average molecular weight is 334 g/mol. The maximum Gasteiger partial charge on any atom is 0.223 e. The molecule has 1 saturated heterocycles. The number of para-hydroxylation sites is 1. The Labute approximate surface area is 140 Å². The van der Waals surface area contributed by atoms with Gasteiger partial charge in [0.15, 0.2) is 0 Å². The zero-order valence-electron chi connectivity index (χ0n) is 12.9. The number of hydrogen-bond acceptors (Lipinski definition) is 3. The second kappa shape index (κ2) is 7.51. The minimum absolute atomic E-state index is 0.0852. The maximum atomic E-state index is 12.4. The largest absolute Gasteiger partial charge is 0.492 e. The van der Waals surface area contributed by atoms with Crippen molar-refractivity contribution in [3.63, 3.8) is 0 Å². The molecule has 0 bridgehead atoms. The third kappa shape index (κ3) is 3.85. The van der Waals surface area contributed by atoms with E-state index < -0.39 is 0 Å². The minimum atomic E-state index is 0.0852. The molecule has 2 aromatic rings. The summed E-state index contributed by atoms with van der Waals surface area (Å²) >= 11 is 6.03. The molecule has 0 aliphatic carbocycles. The first-order chi connectivity index (χ1) is 11.3. The van der Waals surface area contributed by atoms with Gasteiger partial charge in [0, 0.05) is 25.4 Å². The van der Waals surface area contributed by atoms with E-state index in [1.54, 1.807) is 18.5 Å². The molecular weight excluding hydrogens is 314 g/mol. The molecule has 23 heavy (non-hydrogen) atoms. The van der Waals surface area contributed by atoms with E-state index in [-0.39, 0.29) is 11.9 Å². The highest BCUT2D eigenvalue weighted by molar-refractivity contribution is 6.32. The van der Waals surface area contributed by atoms with E-state index in [0.717, 1.165) is 25.2 Å². The number of carbonyl (C=O) groups excluding carboxylic acids is 1. The molecule has 1 aromatic carbocycles. The third-order valence-electron chi connectivity index (χ3n) is 4.04. The number of nitrogens with one attached hydrogen (secondary N) is 1. The highest BCUT2D eigenvalue weighted by Crippen LogP contribution is 2.30. The van der Waals surface area contributed by atoms with Gasteiger partial charge in [-0.05, 0) is 31.4 Å². The smallest absolute Gasteiger partial charge is 0.223 e. The fourth-order valence-corrected chi connectivity index (χ4v) is 3.11. The number of carbonyl (C=O) groups is 1. The summed E-state index contributed by atoms with van der Waals surface area (Å²) in [7, 11) is 0. The second-order valence-electron chi connectivity index (χ2n) is 5.60. The van der Waals surface area contributed by atoms with Crippen molar-refractivity contribution < 1.29 is 9.53 Å². The number of amides is 1. The van der Waals surface area contributed by atoms with E-state index in [2.05, 4.69) is 9.97 Å². The Bertz CT molecular complexity index is 645. The first kappa shape index (κ1) is 15.9. The van der Waals surface area contributed by atoms with Crippen LogP contribution in [-0.4, -0.2) is 33.9 Å². The van der Waals surface area contributed by atoms with Crippen LogP contribution in [-0.2, 0) is 4.79 Å². The Morgan fingerprint density at radius 1 is 1.43 bits per heavy atom. The predicted molar refractivity (Wildman–Crippen MR) is 88.5 cm³/mol. The zero-order valence-corrected chi connectivity index (χ0v) is 13.6. The van der Waals surface area contributed by atoms with Crippen molar-refractivity contribution in [3.8, 4) is 5.75 Å². The molecule has 1 aliphatic heterocycles. The Morgan fingerprint density at radius 3 is 3.09 bits per heavy atom. The summed E-state index contributed by atoms with van der Waals surface area (Å²) in [6.07, 6.45) is 6.66. The van der Waals surface area contributed by atoms with Crippen LogP contribution in [0.15, 0.2) is 36.7 Å². The monoisotopic (exact) mass is 333 g/mol.